The van der Waals surface area contributed by atoms with Gasteiger partial charge in [-0.1, -0.05) is 29.8 Å². The summed E-state index contributed by atoms with van der Waals surface area (Å²) < 4.78 is 42.7. The van der Waals surface area contributed by atoms with Crippen LogP contribution in [-0.2, 0) is 14.8 Å². The van der Waals surface area contributed by atoms with E-state index >= 15 is 0 Å². The van der Waals surface area contributed by atoms with Gasteiger partial charge in [-0.3, -0.25) is 4.79 Å². The van der Waals surface area contributed by atoms with Crippen molar-refractivity contribution in [2.75, 3.05) is 19.7 Å². The molecule has 1 aromatic carbocycles. The minimum Gasteiger partial charge on any atom is -0.478 e. The number of nitrogens with zero attached hydrogens (tertiary/aromatic N) is 1. The van der Waals surface area contributed by atoms with Crippen molar-refractivity contribution >= 4 is 39.1 Å². The maximum Gasteiger partial charge on any atom is 0.260 e. The minimum absolute atomic E-state index is 0.193. The maximum atomic E-state index is 12.5. The van der Waals surface area contributed by atoms with Gasteiger partial charge in [-0.05, 0) is 18.9 Å². The van der Waals surface area contributed by atoms with Crippen LogP contribution in [0.2, 0.25) is 10.0 Å². The summed E-state index contributed by atoms with van der Waals surface area (Å²) in [4.78, 5) is 14.1. The fourth-order valence-corrected chi connectivity index (χ4v) is 4.48. The highest BCUT2D eigenvalue weighted by atomic mass is 35.5. The van der Waals surface area contributed by atoms with Gasteiger partial charge in [0.15, 0.2) is 18.1 Å². The van der Waals surface area contributed by atoms with E-state index in [1.807, 2.05) is 0 Å². The zero-order valence-electron chi connectivity index (χ0n) is 16.0. The molecule has 0 radical (unpaired) electrons. The van der Waals surface area contributed by atoms with Crippen LogP contribution in [0, 0.1) is 0 Å². The molecule has 0 saturated carbocycles. The number of amides is 1. The Kier molecular flexibility index (Phi) is 6.24. The SMILES string of the molecule is C=CS(=O)(=O)NC1CCN(C(=O)COc2c(Cl)cc(Cl)c3c2OC(C)(C)O3)CC1. The average molecular weight is 465 g/mol. The third-order valence-corrected chi connectivity index (χ3v) is 6.20. The molecule has 1 amide bonds. The molecule has 2 aliphatic rings. The molecule has 0 atom stereocenters. The number of ether oxygens (including phenoxy) is 3. The number of hydrogen-bond acceptors (Lipinski definition) is 6. The Balaban J connectivity index is 1.60. The van der Waals surface area contributed by atoms with Crippen molar-refractivity contribution in [3.8, 4) is 17.2 Å². The summed E-state index contributed by atoms with van der Waals surface area (Å²) in [7, 11) is -3.49. The molecule has 0 aromatic heterocycles. The van der Waals surface area contributed by atoms with Crippen LogP contribution in [0.1, 0.15) is 26.7 Å². The minimum atomic E-state index is -3.49. The molecule has 0 aliphatic carbocycles. The third kappa shape index (κ3) is 5.09. The first kappa shape index (κ1) is 22.0. The average Bonchev–Trinajstić information content (AvgIpc) is 2.97. The van der Waals surface area contributed by atoms with E-state index in [1.54, 1.807) is 18.7 Å². The van der Waals surface area contributed by atoms with Gasteiger partial charge in [0, 0.05) is 38.4 Å². The van der Waals surface area contributed by atoms with Crippen LogP contribution < -0.4 is 18.9 Å². The quantitative estimate of drug-likeness (QED) is 0.695. The first-order valence-electron chi connectivity index (χ1n) is 8.96. The molecule has 1 N–H and O–H groups in total. The first-order chi connectivity index (χ1) is 13.5. The summed E-state index contributed by atoms with van der Waals surface area (Å²) in [6, 6.07) is 1.24. The van der Waals surface area contributed by atoms with Gasteiger partial charge < -0.3 is 19.1 Å². The zero-order chi connectivity index (χ0) is 21.4. The van der Waals surface area contributed by atoms with Gasteiger partial charge in [-0.2, -0.15) is 0 Å². The molecule has 0 spiro atoms. The van der Waals surface area contributed by atoms with Gasteiger partial charge in [0.1, 0.15) is 0 Å². The van der Waals surface area contributed by atoms with Crippen molar-refractivity contribution in [1.82, 2.24) is 9.62 Å². The van der Waals surface area contributed by atoms with Crippen molar-refractivity contribution in [2.45, 2.75) is 38.5 Å². The molecule has 0 bridgehead atoms. The number of hydrogen-bond donors (Lipinski definition) is 1. The molecule has 2 aliphatic heterocycles. The Morgan fingerprint density at radius 3 is 2.55 bits per heavy atom. The number of carbonyl (C=O) groups excluding carboxylic acids is 1. The lowest BCUT2D eigenvalue weighted by Gasteiger charge is -2.32. The van der Waals surface area contributed by atoms with Crippen molar-refractivity contribution in [3.63, 3.8) is 0 Å². The lowest BCUT2D eigenvalue weighted by molar-refractivity contribution is -0.134. The van der Waals surface area contributed by atoms with Crippen LogP contribution in [0.3, 0.4) is 0 Å². The molecule has 160 valence electrons. The number of carbonyl (C=O) groups is 1. The second-order valence-corrected chi connectivity index (χ2v) is 9.68. The molecule has 8 nitrogen and oxygen atoms in total. The molecule has 2 heterocycles. The summed E-state index contributed by atoms with van der Waals surface area (Å²) in [5, 5.41) is 1.37. The van der Waals surface area contributed by atoms with Gasteiger partial charge in [0.2, 0.25) is 21.6 Å². The Hall–Kier alpha value is -1.68. The van der Waals surface area contributed by atoms with Crippen molar-refractivity contribution in [2.24, 2.45) is 0 Å². The van der Waals surface area contributed by atoms with Gasteiger partial charge in [-0.25, -0.2) is 13.1 Å². The van der Waals surface area contributed by atoms with E-state index < -0.39 is 15.8 Å². The van der Waals surface area contributed by atoms with E-state index in [9.17, 15) is 13.2 Å². The van der Waals surface area contributed by atoms with Crippen molar-refractivity contribution < 1.29 is 27.4 Å². The number of rotatable bonds is 6. The lowest BCUT2D eigenvalue weighted by Crippen LogP contribution is -2.47. The van der Waals surface area contributed by atoms with Crippen molar-refractivity contribution in [3.05, 3.63) is 28.1 Å². The van der Waals surface area contributed by atoms with Crippen LogP contribution >= 0.6 is 23.2 Å². The number of fused-ring (bicyclic) bond motifs is 1. The fraction of sp³-hybridized carbons (Fsp3) is 0.500. The highest BCUT2D eigenvalue weighted by Gasteiger charge is 2.37. The van der Waals surface area contributed by atoms with Crippen molar-refractivity contribution in [1.29, 1.82) is 0 Å². The molecule has 1 saturated heterocycles. The van der Waals surface area contributed by atoms with Crippen LogP contribution in [0.15, 0.2) is 18.1 Å². The smallest absolute Gasteiger partial charge is 0.260 e. The molecule has 0 unspecified atom stereocenters. The van der Waals surface area contributed by atoms with Crippen LogP contribution in [-0.4, -0.2) is 50.8 Å². The highest BCUT2D eigenvalue weighted by Crippen LogP contribution is 2.53. The Bertz CT molecular complexity index is 927. The normalized spacial score (nSPS) is 18.6. The second-order valence-electron chi connectivity index (χ2n) is 7.20. The van der Waals surface area contributed by atoms with Gasteiger partial charge >= 0.3 is 0 Å². The third-order valence-electron chi connectivity index (χ3n) is 4.53. The van der Waals surface area contributed by atoms with Gasteiger partial charge in [0.25, 0.3) is 5.91 Å². The maximum absolute atomic E-state index is 12.5. The lowest BCUT2D eigenvalue weighted by atomic mass is 10.1. The standard InChI is InChI=1S/C18H22Cl2N2O6S/c1-4-29(24,25)21-11-5-7-22(8-6-11)14(23)10-26-15-12(19)9-13(20)16-17(15)28-18(2,3)27-16/h4,9,11,21H,1,5-8,10H2,2-3H3. The molecule has 11 heteroatoms. The number of nitrogens with one attached hydrogen (secondary N) is 1. The van der Waals surface area contributed by atoms with E-state index in [1.165, 1.54) is 6.07 Å². The Labute approximate surface area is 179 Å². The predicted molar refractivity (Wildman–Crippen MR) is 109 cm³/mol. The van der Waals surface area contributed by atoms with Crippen LogP contribution in [0.5, 0.6) is 17.2 Å². The number of piperidine rings is 1. The van der Waals surface area contributed by atoms with E-state index in [0.29, 0.717) is 36.7 Å². The molecule has 1 aromatic rings. The highest BCUT2D eigenvalue weighted by molar-refractivity contribution is 7.92. The summed E-state index contributed by atoms with van der Waals surface area (Å²) in [6.07, 6.45) is 1.00. The predicted octanol–water partition coefficient (Wildman–Crippen LogP) is 2.93. The summed E-state index contributed by atoms with van der Waals surface area (Å²) in [5.74, 6) is -0.400. The zero-order valence-corrected chi connectivity index (χ0v) is 18.4. The van der Waals surface area contributed by atoms with Crippen LogP contribution in [0.25, 0.3) is 0 Å². The number of likely N-dealkylation sites (tertiary alicyclic amines) is 1. The Morgan fingerprint density at radius 2 is 1.93 bits per heavy atom. The first-order valence-corrected chi connectivity index (χ1v) is 11.3. The topological polar surface area (TPSA) is 94.2 Å². The van der Waals surface area contributed by atoms with E-state index in [-0.39, 0.29) is 35.1 Å². The molecule has 3 rings (SSSR count). The molecule has 1 fully saturated rings. The van der Waals surface area contributed by atoms with E-state index in [4.69, 9.17) is 37.4 Å². The van der Waals surface area contributed by atoms with Crippen LogP contribution in [0.4, 0.5) is 0 Å². The summed E-state index contributed by atoms with van der Waals surface area (Å²) in [5.41, 5.74) is 0. The summed E-state index contributed by atoms with van der Waals surface area (Å²) >= 11 is 12.4. The van der Waals surface area contributed by atoms with E-state index in [0.717, 1.165) is 5.41 Å². The molecular weight excluding hydrogens is 443 g/mol. The Morgan fingerprint density at radius 1 is 1.31 bits per heavy atom. The monoisotopic (exact) mass is 464 g/mol. The number of sulfonamides is 1. The summed E-state index contributed by atoms with van der Waals surface area (Å²) in [6.45, 7) is 7.28. The van der Waals surface area contributed by atoms with Gasteiger partial charge in [0.05, 0.1) is 10.0 Å². The largest absolute Gasteiger partial charge is 0.478 e. The molecule has 29 heavy (non-hydrogen) atoms. The number of halogens is 2. The number of benzene rings is 1. The van der Waals surface area contributed by atoms with Gasteiger partial charge in [-0.15, -0.1) is 0 Å². The molecular formula is C18H22Cl2N2O6S. The van der Waals surface area contributed by atoms with E-state index in [2.05, 4.69) is 11.3 Å². The second kappa shape index (κ2) is 8.22. The fourth-order valence-electron chi connectivity index (χ4n) is 3.15.